The molecule has 0 aliphatic carbocycles. The van der Waals surface area contributed by atoms with Crippen molar-refractivity contribution in [1.29, 1.82) is 0 Å². The van der Waals surface area contributed by atoms with Crippen LogP contribution in [0.2, 0.25) is 0 Å². The van der Waals surface area contributed by atoms with Crippen LogP contribution in [-0.4, -0.2) is 38.5 Å². The monoisotopic (exact) mass is 512 g/mol. The highest BCUT2D eigenvalue weighted by molar-refractivity contribution is 14.0. The average molecular weight is 512 g/mol. The Balaban J connectivity index is 0.00000420. The lowest BCUT2D eigenvalue weighted by atomic mass is 10.1. The minimum Gasteiger partial charge on any atom is -0.357 e. The van der Waals surface area contributed by atoms with Gasteiger partial charge in [0.1, 0.15) is 5.82 Å². The molecular weight excluding hydrogens is 482 g/mol. The third kappa shape index (κ3) is 9.25. The van der Waals surface area contributed by atoms with Gasteiger partial charge in [0.15, 0.2) is 5.96 Å². The molecule has 0 aliphatic rings. The number of nitrogens with zero attached hydrogens (tertiary/aromatic N) is 1. The maximum Gasteiger partial charge on any atom is 0.251 e. The Hall–Kier alpha value is -2.16. The van der Waals surface area contributed by atoms with Gasteiger partial charge in [0, 0.05) is 32.2 Å². The van der Waals surface area contributed by atoms with Crippen LogP contribution in [0.4, 0.5) is 4.39 Å². The summed E-state index contributed by atoms with van der Waals surface area (Å²) in [5.41, 5.74) is 2.75. The van der Waals surface area contributed by atoms with E-state index in [0.717, 1.165) is 42.9 Å². The number of halogens is 2. The normalized spacial score (nSPS) is 10.8. The maximum absolute atomic E-state index is 13.2. The van der Waals surface area contributed by atoms with E-state index in [2.05, 4.69) is 20.9 Å². The number of aryl methyl sites for hydroxylation is 1. The van der Waals surface area contributed by atoms with E-state index in [0.29, 0.717) is 18.7 Å². The summed E-state index contributed by atoms with van der Waals surface area (Å²) in [7, 11) is 1.63. The van der Waals surface area contributed by atoms with Crippen molar-refractivity contribution in [3.63, 3.8) is 0 Å². The Labute approximate surface area is 189 Å². The zero-order valence-corrected chi connectivity index (χ0v) is 19.3. The van der Waals surface area contributed by atoms with E-state index in [1.807, 2.05) is 31.2 Å². The molecule has 3 N–H and O–H groups in total. The molecular formula is C22H30FIN4O. The molecule has 7 heteroatoms. The van der Waals surface area contributed by atoms with Gasteiger partial charge in [-0.15, -0.1) is 24.0 Å². The second kappa shape index (κ2) is 13.9. The number of amides is 1. The quantitative estimate of drug-likeness (QED) is 0.209. The van der Waals surface area contributed by atoms with Gasteiger partial charge in [-0.3, -0.25) is 9.79 Å². The van der Waals surface area contributed by atoms with Crippen molar-refractivity contribution in [2.24, 2.45) is 4.99 Å². The summed E-state index contributed by atoms with van der Waals surface area (Å²) in [6.45, 7) is 4.18. The van der Waals surface area contributed by atoms with Crippen LogP contribution in [0, 0.1) is 5.82 Å². The first-order chi connectivity index (χ1) is 13.6. The summed E-state index contributed by atoms with van der Waals surface area (Å²) in [6, 6.07) is 14.3. The van der Waals surface area contributed by atoms with Crippen LogP contribution in [0.3, 0.4) is 0 Å². The largest absolute Gasteiger partial charge is 0.357 e. The second-order valence-corrected chi connectivity index (χ2v) is 6.45. The molecule has 0 fully saturated rings. The van der Waals surface area contributed by atoms with E-state index in [4.69, 9.17) is 0 Å². The Morgan fingerprint density at radius 3 is 2.45 bits per heavy atom. The number of benzene rings is 2. The number of nitrogens with one attached hydrogen (secondary N) is 3. The van der Waals surface area contributed by atoms with Crippen LogP contribution in [0.5, 0.6) is 0 Å². The van der Waals surface area contributed by atoms with E-state index in [-0.39, 0.29) is 35.7 Å². The molecule has 29 heavy (non-hydrogen) atoms. The first kappa shape index (κ1) is 24.9. The molecule has 1 amide bonds. The van der Waals surface area contributed by atoms with Crippen molar-refractivity contribution >= 4 is 35.8 Å². The van der Waals surface area contributed by atoms with Crippen molar-refractivity contribution in [3.8, 4) is 0 Å². The Morgan fingerprint density at radius 2 is 1.76 bits per heavy atom. The van der Waals surface area contributed by atoms with E-state index in [9.17, 15) is 9.18 Å². The van der Waals surface area contributed by atoms with E-state index < -0.39 is 0 Å². The highest BCUT2D eigenvalue weighted by atomic mass is 127. The fourth-order valence-electron chi connectivity index (χ4n) is 2.85. The van der Waals surface area contributed by atoms with E-state index in [1.54, 1.807) is 25.2 Å². The molecule has 0 heterocycles. The number of aliphatic imine (C=N–C) groups is 1. The van der Waals surface area contributed by atoms with Crippen LogP contribution in [0.15, 0.2) is 53.5 Å². The highest BCUT2D eigenvalue weighted by Gasteiger charge is 2.04. The molecule has 2 aromatic carbocycles. The van der Waals surface area contributed by atoms with Gasteiger partial charge in [-0.05, 0) is 61.6 Å². The lowest BCUT2D eigenvalue weighted by Gasteiger charge is -2.12. The molecule has 0 saturated heterocycles. The molecule has 0 saturated carbocycles. The van der Waals surface area contributed by atoms with Gasteiger partial charge in [-0.25, -0.2) is 4.39 Å². The first-order valence-electron chi connectivity index (χ1n) is 9.70. The third-order valence-electron chi connectivity index (χ3n) is 4.25. The maximum atomic E-state index is 13.2. The fourth-order valence-corrected chi connectivity index (χ4v) is 2.85. The smallest absolute Gasteiger partial charge is 0.251 e. The van der Waals surface area contributed by atoms with Gasteiger partial charge in [0.2, 0.25) is 0 Å². The Kier molecular flexibility index (Phi) is 11.9. The predicted octanol–water partition coefficient (Wildman–Crippen LogP) is 3.53. The average Bonchev–Trinajstić information content (AvgIpc) is 2.71. The van der Waals surface area contributed by atoms with Crippen LogP contribution in [-0.2, 0) is 12.8 Å². The molecule has 158 valence electrons. The van der Waals surface area contributed by atoms with Crippen LogP contribution in [0.25, 0.3) is 0 Å². The summed E-state index contributed by atoms with van der Waals surface area (Å²) in [6.07, 6.45) is 2.44. The SMILES string of the molecule is CCNC(=NCCCc1cccc(F)c1)NCCc1cccc(C(=O)NC)c1.I. The van der Waals surface area contributed by atoms with Crippen molar-refractivity contribution < 1.29 is 9.18 Å². The molecule has 5 nitrogen and oxygen atoms in total. The predicted molar refractivity (Wildman–Crippen MR) is 128 cm³/mol. The first-order valence-corrected chi connectivity index (χ1v) is 9.70. The molecule has 0 bridgehead atoms. The van der Waals surface area contributed by atoms with Gasteiger partial charge in [0.05, 0.1) is 0 Å². The lowest BCUT2D eigenvalue weighted by Crippen LogP contribution is -2.38. The van der Waals surface area contributed by atoms with Crippen LogP contribution < -0.4 is 16.0 Å². The van der Waals surface area contributed by atoms with Crippen molar-refractivity contribution in [2.75, 3.05) is 26.7 Å². The fraction of sp³-hybridized carbons (Fsp3) is 0.364. The number of carbonyl (C=O) groups excluding carboxylic acids is 1. The minimum atomic E-state index is -0.198. The van der Waals surface area contributed by atoms with Crippen molar-refractivity contribution in [2.45, 2.75) is 26.2 Å². The third-order valence-corrected chi connectivity index (χ3v) is 4.25. The molecule has 0 spiro atoms. The van der Waals surface area contributed by atoms with E-state index in [1.165, 1.54) is 6.07 Å². The number of guanidine groups is 1. The minimum absolute atomic E-state index is 0. The molecule has 0 aliphatic heterocycles. The summed E-state index contributed by atoms with van der Waals surface area (Å²) >= 11 is 0. The summed E-state index contributed by atoms with van der Waals surface area (Å²) < 4.78 is 13.2. The van der Waals surface area contributed by atoms with Gasteiger partial charge in [-0.1, -0.05) is 24.3 Å². The van der Waals surface area contributed by atoms with Gasteiger partial charge in [-0.2, -0.15) is 0 Å². The number of hydrogen-bond acceptors (Lipinski definition) is 2. The number of carbonyl (C=O) groups is 1. The van der Waals surface area contributed by atoms with Crippen molar-refractivity contribution in [3.05, 3.63) is 71.0 Å². The molecule has 2 rings (SSSR count). The van der Waals surface area contributed by atoms with Gasteiger partial charge >= 0.3 is 0 Å². The van der Waals surface area contributed by atoms with Gasteiger partial charge < -0.3 is 16.0 Å². The summed E-state index contributed by atoms with van der Waals surface area (Å²) in [5.74, 6) is 0.490. The zero-order chi connectivity index (χ0) is 20.2. The summed E-state index contributed by atoms with van der Waals surface area (Å²) in [4.78, 5) is 16.3. The van der Waals surface area contributed by atoms with Gasteiger partial charge in [0.25, 0.3) is 5.91 Å². The molecule has 0 radical (unpaired) electrons. The lowest BCUT2D eigenvalue weighted by molar-refractivity contribution is 0.0963. The standard InChI is InChI=1S/C22H29FN4O.HI/c1-3-25-22(26-13-6-9-17-8-5-11-20(23)16-17)27-14-12-18-7-4-10-19(15-18)21(28)24-2;/h4-5,7-8,10-11,15-16H,3,6,9,12-14H2,1-2H3,(H,24,28)(H2,25,26,27);1H. The Morgan fingerprint density at radius 1 is 1.03 bits per heavy atom. The number of hydrogen-bond donors (Lipinski definition) is 3. The Bertz CT molecular complexity index is 798. The molecule has 0 unspecified atom stereocenters. The number of rotatable bonds is 9. The highest BCUT2D eigenvalue weighted by Crippen LogP contribution is 2.07. The topological polar surface area (TPSA) is 65.5 Å². The second-order valence-electron chi connectivity index (χ2n) is 6.45. The summed E-state index contributed by atoms with van der Waals surface area (Å²) in [5, 5.41) is 9.19. The molecule has 2 aromatic rings. The van der Waals surface area contributed by atoms with Crippen molar-refractivity contribution in [1.82, 2.24) is 16.0 Å². The zero-order valence-electron chi connectivity index (χ0n) is 17.0. The molecule has 0 aromatic heterocycles. The molecule has 0 atom stereocenters. The van der Waals surface area contributed by atoms with Crippen LogP contribution >= 0.6 is 24.0 Å². The van der Waals surface area contributed by atoms with E-state index >= 15 is 0 Å². The van der Waals surface area contributed by atoms with Crippen LogP contribution in [0.1, 0.15) is 34.8 Å².